The summed E-state index contributed by atoms with van der Waals surface area (Å²) in [6.45, 7) is 7.79. The Morgan fingerprint density at radius 1 is 0.972 bits per heavy atom. The Morgan fingerprint density at radius 3 is 2.36 bits per heavy atom. The SMILES string of the molecule is Cc1nn(-c2cccc(NC(=O)c3ccc(Cl)cc3)c2)c(C)c1C(=O)N1CCC(N2CCCC2)CC1. The molecule has 5 rings (SSSR count). The Labute approximate surface area is 217 Å². The number of amides is 2. The van der Waals surface area contributed by atoms with Crippen molar-refractivity contribution >= 4 is 29.1 Å². The predicted molar refractivity (Wildman–Crippen MR) is 142 cm³/mol. The number of hydrogen-bond donors (Lipinski definition) is 1. The first-order valence-electron chi connectivity index (χ1n) is 12.7. The first kappa shape index (κ1) is 24.5. The summed E-state index contributed by atoms with van der Waals surface area (Å²) < 4.78 is 1.79. The molecule has 0 saturated carbocycles. The Kier molecular flexibility index (Phi) is 7.12. The van der Waals surface area contributed by atoms with Crippen molar-refractivity contribution in [1.82, 2.24) is 19.6 Å². The topological polar surface area (TPSA) is 70.5 Å². The molecule has 2 aliphatic rings. The number of piperidine rings is 1. The molecule has 0 unspecified atom stereocenters. The van der Waals surface area contributed by atoms with Crippen LogP contribution in [0.3, 0.4) is 0 Å². The molecule has 3 aromatic rings. The highest BCUT2D eigenvalue weighted by Crippen LogP contribution is 2.26. The molecular formula is C28H32ClN5O2. The van der Waals surface area contributed by atoms with Gasteiger partial charge in [-0.3, -0.25) is 9.59 Å². The molecule has 0 bridgehead atoms. The van der Waals surface area contributed by atoms with E-state index in [4.69, 9.17) is 16.7 Å². The standard InChI is InChI=1S/C28H32ClN5O2/c1-19-26(28(36)33-16-12-24(13-17-33)32-14-3-4-15-32)20(2)34(31-19)25-7-5-6-23(18-25)30-27(35)21-8-10-22(29)11-9-21/h5-11,18,24H,3-4,12-17H2,1-2H3,(H,30,35). The Morgan fingerprint density at radius 2 is 1.67 bits per heavy atom. The molecule has 8 heteroatoms. The van der Waals surface area contributed by atoms with Gasteiger partial charge in [-0.25, -0.2) is 4.68 Å². The van der Waals surface area contributed by atoms with Crippen LogP contribution < -0.4 is 5.32 Å². The highest BCUT2D eigenvalue weighted by Gasteiger charge is 2.31. The van der Waals surface area contributed by atoms with Crippen LogP contribution in [0.15, 0.2) is 48.5 Å². The quantitative estimate of drug-likeness (QED) is 0.524. The fourth-order valence-corrected chi connectivity index (χ4v) is 5.55. The van der Waals surface area contributed by atoms with Crippen LogP contribution in [0.2, 0.25) is 5.02 Å². The lowest BCUT2D eigenvalue weighted by molar-refractivity contribution is 0.0643. The average Bonchev–Trinajstić information content (AvgIpc) is 3.52. The molecule has 1 N–H and O–H groups in total. The minimum absolute atomic E-state index is 0.0586. The molecule has 7 nitrogen and oxygen atoms in total. The molecule has 0 spiro atoms. The molecule has 0 radical (unpaired) electrons. The number of hydrogen-bond acceptors (Lipinski definition) is 4. The Bertz CT molecular complexity index is 1260. The van der Waals surface area contributed by atoms with Crippen molar-refractivity contribution in [2.45, 2.75) is 45.6 Å². The van der Waals surface area contributed by atoms with E-state index in [0.29, 0.717) is 27.9 Å². The van der Waals surface area contributed by atoms with E-state index in [1.807, 2.05) is 43.0 Å². The van der Waals surface area contributed by atoms with Crippen molar-refractivity contribution in [2.75, 3.05) is 31.5 Å². The van der Waals surface area contributed by atoms with Crippen molar-refractivity contribution in [1.29, 1.82) is 0 Å². The van der Waals surface area contributed by atoms with Crippen LogP contribution in [0, 0.1) is 13.8 Å². The normalized spacial score (nSPS) is 16.9. The molecule has 0 atom stereocenters. The number of benzene rings is 2. The van der Waals surface area contributed by atoms with Gasteiger partial charge in [0.05, 0.1) is 22.6 Å². The van der Waals surface area contributed by atoms with E-state index < -0.39 is 0 Å². The number of halogens is 1. The van der Waals surface area contributed by atoms with Gasteiger partial charge in [0.25, 0.3) is 11.8 Å². The number of carbonyl (C=O) groups is 2. The lowest BCUT2D eigenvalue weighted by atomic mass is 10.0. The fraction of sp³-hybridized carbons (Fsp3) is 0.393. The number of anilines is 1. The molecule has 36 heavy (non-hydrogen) atoms. The molecule has 2 fully saturated rings. The second kappa shape index (κ2) is 10.4. The van der Waals surface area contributed by atoms with Crippen LogP contribution in [0.1, 0.15) is 57.8 Å². The van der Waals surface area contributed by atoms with Crippen LogP contribution in [0.4, 0.5) is 5.69 Å². The number of rotatable bonds is 5. The second-order valence-corrected chi connectivity index (χ2v) is 10.2. The molecule has 3 heterocycles. The summed E-state index contributed by atoms with van der Waals surface area (Å²) in [5, 5.41) is 8.21. The average molecular weight is 506 g/mol. The van der Waals surface area contributed by atoms with Gasteiger partial charge in [-0.1, -0.05) is 17.7 Å². The number of aromatic nitrogens is 2. The number of carbonyl (C=O) groups excluding carboxylic acids is 2. The summed E-state index contributed by atoms with van der Waals surface area (Å²) in [6.07, 6.45) is 4.66. The van der Waals surface area contributed by atoms with Crippen LogP contribution >= 0.6 is 11.6 Å². The van der Waals surface area contributed by atoms with Crippen LogP contribution in [-0.4, -0.2) is 63.6 Å². The predicted octanol–water partition coefficient (Wildman–Crippen LogP) is 5.10. The Hall–Kier alpha value is -3.16. The van der Waals surface area contributed by atoms with E-state index in [-0.39, 0.29) is 11.8 Å². The number of nitrogens with zero attached hydrogens (tertiary/aromatic N) is 4. The van der Waals surface area contributed by atoms with E-state index >= 15 is 0 Å². The largest absolute Gasteiger partial charge is 0.338 e. The van der Waals surface area contributed by atoms with Crippen molar-refractivity contribution in [3.05, 3.63) is 76.1 Å². The smallest absolute Gasteiger partial charge is 0.257 e. The number of aryl methyl sites for hydroxylation is 1. The molecule has 2 aromatic carbocycles. The zero-order chi connectivity index (χ0) is 25.2. The van der Waals surface area contributed by atoms with E-state index in [2.05, 4.69) is 10.2 Å². The molecule has 2 aliphatic heterocycles. The number of likely N-dealkylation sites (tertiary alicyclic amines) is 2. The molecule has 0 aliphatic carbocycles. The fourth-order valence-electron chi connectivity index (χ4n) is 5.42. The van der Waals surface area contributed by atoms with E-state index in [0.717, 1.165) is 43.0 Å². The summed E-state index contributed by atoms with van der Waals surface area (Å²) in [7, 11) is 0. The highest BCUT2D eigenvalue weighted by atomic mass is 35.5. The van der Waals surface area contributed by atoms with Crippen LogP contribution in [-0.2, 0) is 0 Å². The summed E-state index contributed by atoms with van der Waals surface area (Å²) in [4.78, 5) is 30.7. The third-order valence-electron chi connectivity index (χ3n) is 7.37. The van der Waals surface area contributed by atoms with E-state index in [1.54, 1.807) is 28.9 Å². The zero-order valence-electron chi connectivity index (χ0n) is 20.8. The molecule has 2 saturated heterocycles. The summed E-state index contributed by atoms with van der Waals surface area (Å²) in [5.41, 5.74) is 4.16. The van der Waals surface area contributed by atoms with Gasteiger partial charge < -0.3 is 15.1 Å². The zero-order valence-corrected chi connectivity index (χ0v) is 21.6. The van der Waals surface area contributed by atoms with Gasteiger partial charge in [0, 0.05) is 35.4 Å². The minimum atomic E-state index is -0.217. The Balaban J connectivity index is 1.30. The maximum atomic E-state index is 13.5. The lowest BCUT2D eigenvalue weighted by Gasteiger charge is -2.36. The van der Waals surface area contributed by atoms with Gasteiger partial charge in [0.15, 0.2) is 0 Å². The third-order valence-corrected chi connectivity index (χ3v) is 7.62. The monoisotopic (exact) mass is 505 g/mol. The summed E-state index contributed by atoms with van der Waals surface area (Å²) >= 11 is 5.93. The van der Waals surface area contributed by atoms with Gasteiger partial charge in [0.1, 0.15) is 0 Å². The third kappa shape index (κ3) is 5.04. The van der Waals surface area contributed by atoms with Gasteiger partial charge in [0.2, 0.25) is 0 Å². The van der Waals surface area contributed by atoms with Gasteiger partial charge in [-0.2, -0.15) is 5.10 Å². The lowest BCUT2D eigenvalue weighted by Crippen LogP contribution is -2.46. The van der Waals surface area contributed by atoms with Crippen molar-refractivity contribution in [2.24, 2.45) is 0 Å². The molecular weight excluding hydrogens is 474 g/mol. The molecule has 2 amide bonds. The van der Waals surface area contributed by atoms with Crippen molar-refractivity contribution in [3.8, 4) is 5.69 Å². The molecule has 1 aromatic heterocycles. The maximum Gasteiger partial charge on any atom is 0.257 e. The minimum Gasteiger partial charge on any atom is -0.338 e. The van der Waals surface area contributed by atoms with E-state index in [9.17, 15) is 9.59 Å². The van der Waals surface area contributed by atoms with Crippen LogP contribution in [0.25, 0.3) is 5.69 Å². The second-order valence-electron chi connectivity index (χ2n) is 9.74. The maximum absolute atomic E-state index is 13.5. The highest BCUT2D eigenvalue weighted by molar-refractivity contribution is 6.30. The van der Waals surface area contributed by atoms with Gasteiger partial charge in [-0.05, 0) is 95.1 Å². The van der Waals surface area contributed by atoms with Crippen LogP contribution in [0.5, 0.6) is 0 Å². The summed E-state index contributed by atoms with van der Waals surface area (Å²) in [5.74, 6) is -0.159. The van der Waals surface area contributed by atoms with Gasteiger partial charge in [-0.15, -0.1) is 0 Å². The molecule has 188 valence electrons. The van der Waals surface area contributed by atoms with Crippen molar-refractivity contribution < 1.29 is 9.59 Å². The first-order chi connectivity index (χ1) is 17.4. The van der Waals surface area contributed by atoms with E-state index in [1.165, 1.54) is 25.9 Å². The summed E-state index contributed by atoms with van der Waals surface area (Å²) in [6, 6.07) is 14.9. The number of nitrogens with one attached hydrogen (secondary N) is 1. The first-order valence-corrected chi connectivity index (χ1v) is 13.1. The van der Waals surface area contributed by atoms with Gasteiger partial charge >= 0.3 is 0 Å². The van der Waals surface area contributed by atoms with Crippen molar-refractivity contribution in [3.63, 3.8) is 0 Å².